The van der Waals surface area contributed by atoms with Crippen LogP contribution in [0.3, 0.4) is 0 Å². The van der Waals surface area contributed by atoms with E-state index in [1.54, 1.807) is 88.0 Å². The maximum absolute atomic E-state index is 12.8. The Morgan fingerprint density at radius 2 is 1.25 bits per heavy atom. The van der Waals surface area contributed by atoms with Crippen molar-refractivity contribution < 1.29 is 42.9 Å². The van der Waals surface area contributed by atoms with Gasteiger partial charge in [-0.25, -0.2) is 19.2 Å². The van der Waals surface area contributed by atoms with Crippen LogP contribution in [0.2, 0.25) is 0 Å². The summed E-state index contributed by atoms with van der Waals surface area (Å²) in [6, 6.07) is 15.4. The Hall–Kier alpha value is -5.77. The molecule has 0 atom stereocenters. The zero-order valence-corrected chi connectivity index (χ0v) is 37.8. The zero-order chi connectivity index (χ0) is 45.5. The second-order valence-corrected chi connectivity index (χ2v) is 18.1. The van der Waals surface area contributed by atoms with Crippen molar-refractivity contribution in [2.24, 2.45) is 9.98 Å². The molecule has 0 radical (unpaired) electrons. The summed E-state index contributed by atoms with van der Waals surface area (Å²) in [7, 11) is 4.09. The third-order valence-electron chi connectivity index (χ3n) is 7.43. The van der Waals surface area contributed by atoms with E-state index in [0.717, 1.165) is 36.1 Å². The summed E-state index contributed by atoms with van der Waals surface area (Å²) >= 11 is 0. The van der Waals surface area contributed by atoms with E-state index in [4.69, 9.17) is 18.9 Å². The number of guanidine groups is 1. The van der Waals surface area contributed by atoms with Gasteiger partial charge in [0.1, 0.15) is 28.7 Å². The van der Waals surface area contributed by atoms with Crippen molar-refractivity contribution >= 4 is 53.8 Å². The minimum Gasteiger partial charge on any atom is -0.444 e. The molecule has 1 aliphatic rings. The molecular weight excluding hydrogens is 771 g/mol. The van der Waals surface area contributed by atoms with Gasteiger partial charge in [-0.1, -0.05) is 30.3 Å². The highest BCUT2D eigenvalue weighted by Gasteiger charge is 2.25. The number of carbonyl (C=O) groups excluding carboxylic acids is 5. The fourth-order valence-corrected chi connectivity index (χ4v) is 4.95. The summed E-state index contributed by atoms with van der Waals surface area (Å²) in [5, 5.41) is 7.77. The highest BCUT2D eigenvalue weighted by molar-refractivity contribution is 6.04. The molecule has 16 heteroatoms. The summed E-state index contributed by atoms with van der Waals surface area (Å²) < 4.78 is 20.5. The summed E-state index contributed by atoms with van der Waals surface area (Å²) in [6.07, 6.45) is 1.59. The average molecular weight is 836 g/mol. The van der Waals surface area contributed by atoms with E-state index in [-0.39, 0.29) is 11.9 Å². The lowest BCUT2D eigenvalue weighted by Gasteiger charge is -2.30. The first kappa shape index (κ1) is 50.4. The normalized spacial score (nSPS) is 13.7. The van der Waals surface area contributed by atoms with Gasteiger partial charge in [-0.15, -0.1) is 4.99 Å². The monoisotopic (exact) mass is 835 g/mol. The van der Waals surface area contributed by atoms with Gasteiger partial charge in [-0.3, -0.25) is 15.4 Å². The van der Waals surface area contributed by atoms with Crippen LogP contribution in [-0.2, 0) is 25.4 Å². The lowest BCUT2D eigenvalue weighted by molar-refractivity contribution is 0.0541. The number of hydrogen-bond acceptors (Lipinski definition) is 10. The summed E-state index contributed by atoms with van der Waals surface area (Å²) in [6.45, 7) is 22.8. The average Bonchev–Trinajstić information content (AvgIpc) is 3.08. The number of nitrogens with one attached hydrogen (secondary N) is 3. The van der Waals surface area contributed by atoms with Crippen LogP contribution in [0.25, 0.3) is 5.57 Å². The van der Waals surface area contributed by atoms with Gasteiger partial charge in [-0.05, 0) is 151 Å². The quantitative estimate of drug-likeness (QED) is 0.138. The van der Waals surface area contributed by atoms with E-state index in [1.807, 2.05) is 68.7 Å². The molecule has 3 N–H and O–H groups in total. The fraction of sp³-hybridized carbons (Fsp3) is 0.523. The fourth-order valence-electron chi connectivity index (χ4n) is 4.95. The van der Waals surface area contributed by atoms with E-state index in [1.165, 1.54) is 5.56 Å². The number of carbonyl (C=O) groups is 5. The first-order valence-electron chi connectivity index (χ1n) is 19.7. The van der Waals surface area contributed by atoms with Crippen molar-refractivity contribution in [2.75, 3.05) is 39.0 Å². The number of rotatable bonds is 7. The molecule has 3 rings (SSSR count). The molecule has 0 bridgehead atoms. The summed E-state index contributed by atoms with van der Waals surface area (Å²) in [5.41, 5.74) is 1.97. The molecule has 1 heterocycles. The Labute approximate surface area is 355 Å². The third-order valence-corrected chi connectivity index (χ3v) is 7.43. The maximum Gasteiger partial charge on any atom is 0.437 e. The number of alkyl carbamates (subject to hydrolysis) is 2. The topological polar surface area (TPSA) is 190 Å². The Morgan fingerprint density at radius 3 is 1.75 bits per heavy atom. The van der Waals surface area contributed by atoms with E-state index in [2.05, 4.69) is 30.8 Å². The van der Waals surface area contributed by atoms with Gasteiger partial charge >= 0.3 is 24.4 Å². The second kappa shape index (κ2) is 22.0. The molecule has 2 aromatic carbocycles. The van der Waals surface area contributed by atoms with Crippen LogP contribution in [-0.4, -0.2) is 109 Å². The molecule has 0 saturated carbocycles. The first-order chi connectivity index (χ1) is 27.6. The highest BCUT2D eigenvalue weighted by atomic mass is 16.6. The number of amides is 5. The molecule has 0 unspecified atom stereocenters. The van der Waals surface area contributed by atoms with Crippen LogP contribution in [0.15, 0.2) is 64.6 Å². The minimum atomic E-state index is -0.803. The molecule has 330 valence electrons. The van der Waals surface area contributed by atoms with Gasteiger partial charge in [0.15, 0.2) is 0 Å². The molecule has 60 heavy (non-hydrogen) atoms. The van der Waals surface area contributed by atoms with Gasteiger partial charge in [-0.2, -0.15) is 4.99 Å². The number of ether oxygens (including phenoxy) is 4. The number of nitrogens with zero attached hydrogens (tertiary/aromatic N) is 4. The smallest absolute Gasteiger partial charge is 0.437 e. The molecule has 16 nitrogen and oxygen atoms in total. The lowest BCUT2D eigenvalue weighted by Crippen LogP contribution is -2.48. The largest absolute Gasteiger partial charge is 0.444 e. The Bertz CT molecular complexity index is 1860. The summed E-state index contributed by atoms with van der Waals surface area (Å²) in [5.74, 6) is -0.107. The molecule has 5 amide bonds. The van der Waals surface area contributed by atoms with Crippen molar-refractivity contribution in [1.82, 2.24) is 20.4 Å². The van der Waals surface area contributed by atoms with Crippen molar-refractivity contribution in [2.45, 2.75) is 118 Å². The molecule has 0 fully saturated rings. The molecule has 0 aliphatic carbocycles. The van der Waals surface area contributed by atoms with E-state index in [9.17, 15) is 24.0 Å². The molecule has 1 aliphatic heterocycles. The molecule has 2 aromatic rings. The number of anilines is 1. The lowest BCUT2D eigenvalue weighted by atomic mass is 9.98. The third kappa shape index (κ3) is 21.8. The molecule has 0 aromatic heterocycles. The van der Waals surface area contributed by atoms with E-state index < -0.39 is 46.8 Å². The van der Waals surface area contributed by atoms with Crippen LogP contribution in [0.4, 0.5) is 24.9 Å². The Balaban J connectivity index is 0.000000614. The van der Waals surface area contributed by atoms with E-state index >= 15 is 0 Å². The van der Waals surface area contributed by atoms with Crippen LogP contribution in [0, 0.1) is 0 Å². The molecular formula is C44H65N7O9. The van der Waals surface area contributed by atoms with E-state index in [0.29, 0.717) is 25.1 Å². The van der Waals surface area contributed by atoms with Crippen LogP contribution in [0.1, 0.15) is 111 Å². The molecule has 0 spiro atoms. The maximum atomic E-state index is 12.8. The number of aliphatic imine (C=N–C) groups is 2. The van der Waals surface area contributed by atoms with Crippen molar-refractivity contribution in [3.8, 4) is 0 Å². The van der Waals surface area contributed by atoms with Gasteiger partial charge < -0.3 is 34.1 Å². The van der Waals surface area contributed by atoms with Gasteiger partial charge in [0.25, 0.3) is 5.91 Å². The Kier molecular flexibility index (Phi) is 18.5. The van der Waals surface area contributed by atoms with Gasteiger partial charge in [0.05, 0.1) is 0 Å². The highest BCUT2D eigenvalue weighted by Crippen LogP contribution is 2.24. The number of likely N-dealkylation sites (N-methyl/N-ethyl adjacent to an activating group) is 1. The standard InChI is InChI=1S/C33H45N5O5.C11H20N2O4/c1-32(2,3)42-30(40)35-29(36-31(41)43-33(4,5)6)38-21-18-25(19-22-38)24-11-13-26(14-12-24)28(39)34-27-15-9-23(10-16-27)17-20-37(7)8;1-10(2,3)16-8(14)12-7-13-9(15)17-11(4,5)6/h9-16,18H,17,19-22H2,1-8H3,(H,34,39)(H,35,36,40,41);7H,1-6H3,(H,12,13,14,15). The number of hydrogen-bond donors (Lipinski definition) is 3. The van der Waals surface area contributed by atoms with Crippen LogP contribution >= 0.6 is 0 Å². The van der Waals surface area contributed by atoms with Crippen molar-refractivity contribution in [3.05, 3.63) is 71.3 Å². The van der Waals surface area contributed by atoms with Crippen LogP contribution in [0.5, 0.6) is 0 Å². The van der Waals surface area contributed by atoms with Gasteiger partial charge in [0.2, 0.25) is 5.96 Å². The minimum absolute atomic E-state index is 0.0663. The van der Waals surface area contributed by atoms with Crippen LogP contribution < -0.4 is 16.0 Å². The van der Waals surface area contributed by atoms with Gasteiger partial charge in [0, 0.05) is 30.9 Å². The predicted octanol–water partition coefficient (Wildman–Crippen LogP) is 8.42. The molecule has 0 saturated heterocycles. The Morgan fingerprint density at radius 1 is 0.717 bits per heavy atom. The predicted molar refractivity (Wildman–Crippen MR) is 234 cm³/mol. The zero-order valence-electron chi connectivity index (χ0n) is 37.8. The van der Waals surface area contributed by atoms with Crippen molar-refractivity contribution in [1.29, 1.82) is 0 Å². The number of benzene rings is 2. The summed E-state index contributed by atoms with van der Waals surface area (Å²) in [4.78, 5) is 71.4. The second-order valence-electron chi connectivity index (χ2n) is 18.1. The SMILES string of the molecule is CC(C)(C)OC(=O)/N=C/NC(=O)OC(C)(C)C.CN(C)CCc1ccc(NC(=O)c2ccc(C3=CCN(/C(=N\C(=O)OC(C)(C)C)NC(=O)OC(C)(C)C)CC3)cc2)cc1. The van der Waals surface area contributed by atoms with Crippen molar-refractivity contribution in [3.63, 3.8) is 0 Å². The first-order valence-corrected chi connectivity index (χ1v) is 19.7.